The lowest BCUT2D eigenvalue weighted by Crippen LogP contribution is -2.40. The SMILES string of the molecule is CCOc1ccc(C(=O)NC2CCC(CCN3CCC(Oc4ccccc4C#N)CC3)CC2)cc1. The van der Waals surface area contributed by atoms with E-state index in [1.807, 2.05) is 55.5 Å². The summed E-state index contributed by atoms with van der Waals surface area (Å²) in [6.07, 6.45) is 7.90. The van der Waals surface area contributed by atoms with Crippen LogP contribution in [0.25, 0.3) is 0 Å². The van der Waals surface area contributed by atoms with E-state index >= 15 is 0 Å². The summed E-state index contributed by atoms with van der Waals surface area (Å²) in [5, 5.41) is 12.5. The molecule has 4 rings (SSSR count). The summed E-state index contributed by atoms with van der Waals surface area (Å²) in [5.74, 6) is 2.26. The number of rotatable bonds is 9. The number of amides is 1. The van der Waals surface area contributed by atoms with Crippen LogP contribution < -0.4 is 14.8 Å². The van der Waals surface area contributed by atoms with Gasteiger partial charge in [0.25, 0.3) is 5.91 Å². The van der Waals surface area contributed by atoms with Crippen molar-refractivity contribution in [3.8, 4) is 17.6 Å². The largest absolute Gasteiger partial charge is 0.494 e. The molecule has 186 valence electrons. The van der Waals surface area contributed by atoms with Crippen molar-refractivity contribution < 1.29 is 14.3 Å². The van der Waals surface area contributed by atoms with Crippen molar-refractivity contribution in [2.75, 3.05) is 26.2 Å². The van der Waals surface area contributed by atoms with E-state index in [4.69, 9.17) is 9.47 Å². The summed E-state index contributed by atoms with van der Waals surface area (Å²) in [7, 11) is 0. The van der Waals surface area contributed by atoms with Crippen LogP contribution >= 0.6 is 0 Å². The standard InChI is InChI=1S/C29H37N3O3/c1-2-34-26-13-9-23(10-14-26)29(33)31-25-11-7-22(8-12-25)15-18-32-19-16-27(17-20-32)35-28-6-4-3-5-24(28)21-30/h3-6,9-10,13-14,22,25,27H,2,7-8,11-12,15-20H2,1H3,(H,31,33). The minimum Gasteiger partial charge on any atom is -0.494 e. The average molecular weight is 476 g/mol. The quantitative estimate of drug-likeness (QED) is 0.541. The van der Waals surface area contributed by atoms with E-state index in [0.29, 0.717) is 23.5 Å². The molecule has 35 heavy (non-hydrogen) atoms. The smallest absolute Gasteiger partial charge is 0.251 e. The predicted molar refractivity (Wildman–Crippen MR) is 137 cm³/mol. The number of hydrogen-bond acceptors (Lipinski definition) is 5. The zero-order chi connectivity index (χ0) is 24.5. The van der Waals surface area contributed by atoms with Gasteiger partial charge in [0, 0.05) is 24.7 Å². The number of nitriles is 1. The second-order valence-electron chi connectivity index (χ2n) is 9.70. The fourth-order valence-corrected chi connectivity index (χ4v) is 5.19. The average Bonchev–Trinajstić information content (AvgIpc) is 2.90. The molecule has 1 saturated carbocycles. The maximum atomic E-state index is 12.6. The highest BCUT2D eigenvalue weighted by molar-refractivity contribution is 5.94. The number of carbonyl (C=O) groups is 1. The van der Waals surface area contributed by atoms with Crippen LogP contribution in [-0.2, 0) is 0 Å². The summed E-state index contributed by atoms with van der Waals surface area (Å²) in [5.41, 5.74) is 1.31. The second-order valence-corrected chi connectivity index (χ2v) is 9.70. The molecule has 1 amide bonds. The second kappa shape index (κ2) is 12.6. The van der Waals surface area contributed by atoms with Crippen LogP contribution in [0.15, 0.2) is 48.5 Å². The number of nitrogens with one attached hydrogen (secondary N) is 1. The molecule has 0 spiro atoms. The Hall–Kier alpha value is -3.04. The molecule has 0 bridgehead atoms. The number of nitrogens with zero attached hydrogens (tertiary/aromatic N) is 2. The van der Waals surface area contributed by atoms with E-state index in [9.17, 15) is 10.1 Å². The van der Waals surface area contributed by atoms with Crippen LogP contribution in [0.1, 0.15) is 67.8 Å². The molecule has 0 atom stereocenters. The van der Waals surface area contributed by atoms with Gasteiger partial charge in [-0.15, -0.1) is 0 Å². The van der Waals surface area contributed by atoms with Gasteiger partial charge in [0.05, 0.1) is 12.2 Å². The lowest BCUT2D eigenvalue weighted by atomic mass is 9.84. The molecule has 2 aromatic carbocycles. The highest BCUT2D eigenvalue weighted by Gasteiger charge is 2.25. The van der Waals surface area contributed by atoms with Crippen molar-refractivity contribution in [2.24, 2.45) is 5.92 Å². The van der Waals surface area contributed by atoms with Crippen molar-refractivity contribution in [3.05, 3.63) is 59.7 Å². The topological polar surface area (TPSA) is 74.6 Å². The molecule has 1 aliphatic heterocycles. The van der Waals surface area contributed by atoms with E-state index in [2.05, 4.69) is 16.3 Å². The summed E-state index contributed by atoms with van der Waals surface area (Å²) in [4.78, 5) is 15.1. The molecule has 1 heterocycles. The van der Waals surface area contributed by atoms with Gasteiger partial charge in [-0.05, 0) is 101 Å². The minimum absolute atomic E-state index is 0.0129. The molecule has 1 aliphatic carbocycles. The van der Waals surface area contributed by atoms with E-state index in [-0.39, 0.29) is 18.1 Å². The van der Waals surface area contributed by atoms with Gasteiger partial charge in [-0.2, -0.15) is 5.26 Å². The van der Waals surface area contributed by atoms with Crippen LogP contribution in [0, 0.1) is 17.2 Å². The molecule has 2 aliphatic rings. The first-order valence-corrected chi connectivity index (χ1v) is 13.1. The molecule has 1 N–H and O–H groups in total. The van der Waals surface area contributed by atoms with E-state index < -0.39 is 0 Å². The van der Waals surface area contributed by atoms with E-state index in [1.165, 1.54) is 19.3 Å². The molecule has 1 saturated heterocycles. The van der Waals surface area contributed by atoms with E-state index in [1.54, 1.807) is 0 Å². The molecule has 2 fully saturated rings. The number of piperidine rings is 1. The molecular formula is C29H37N3O3. The summed E-state index contributed by atoms with van der Waals surface area (Å²) >= 11 is 0. The number of carbonyl (C=O) groups excluding carboxylic acids is 1. The molecule has 0 radical (unpaired) electrons. The Morgan fingerprint density at radius 1 is 1.03 bits per heavy atom. The number of benzene rings is 2. The maximum Gasteiger partial charge on any atom is 0.251 e. The van der Waals surface area contributed by atoms with Gasteiger partial charge in [-0.25, -0.2) is 0 Å². The van der Waals surface area contributed by atoms with Crippen LogP contribution in [0.4, 0.5) is 0 Å². The Bertz CT molecular complexity index is 985. The molecule has 0 aromatic heterocycles. The van der Waals surface area contributed by atoms with Gasteiger partial charge in [0.2, 0.25) is 0 Å². The van der Waals surface area contributed by atoms with Gasteiger partial charge < -0.3 is 19.7 Å². The van der Waals surface area contributed by atoms with Crippen LogP contribution in [-0.4, -0.2) is 49.2 Å². The van der Waals surface area contributed by atoms with Crippen molar-refractivity contribution in [1.82, 2.24) is 10.2 Å². The Kier molecular flexibility index (Phi) is 9.02. The fourth-order valence-electron chi connectivity index (χ4n) is 5.19. The van der Waals surface area contributed by atoms with E-state index in [0.717, 1.165) is 57.0 Å². The fraction of sp³-hybridized carbons (Fsp3) is 0.517. The number of ether oxygens (including phenoxy) is 2. The number of hydrogen-bond donors (Lipinski definition) is 1. The summed E-state index contributed by atoms with van der Waals surface area (Å²) in [6, 6.07) is 17.4. The first-order chi connectivity index (χ1) is 17.1. The third kappa shape index (κ3) is 7.22. The van der Waals surface area contributed by atoms with Gasteiger partial charge in [-0.1, -0.05) is 12.1 Å². The third-order valence-electron chi connectivity index (χ3n) is 7.30. The molecule has 6 heteroatoms. The first kappa shape index (κ1) is 25.1. The normalized spacial score (nSPS) is 21.1. The van der Waals surface area contributed by atoms with Crippen LogP contribution in [0.5, 0.6) is 11.5 Å². The van der Waals surface area contributed by atoms with Crippen molar-refractivity contribution in [3.63, 3.8) is 0 Å². The zero-order valence-electron chi connectivity index (χ0n) is 20.7. The Morgan fingerprint density at radius 2 is 1.74 bits per heavy atom. The number of likely N-dealkylation sites (tertiary alicyclic amines) is 1. The van der Waals surface area contributed by atoms with Crippen molar-refractivity contribution >= 4 is 5.91 Å². The highest BCUT2D eigenvalue weighted by Crippen LogP contribution is 2.28. The van der Waals surface area contributed by atoms with Gasteiger partial charge in [0.1, 0.15) is 23.7 Å². The third-order valence-corrected chi connectivity index (χ3v) is 7.30. The molecule has 0 unspecified atom stereocenters. The Labute approximate surface area is 209 Å². The first-order valence-electron chi connectivity index (χ1n) is 13.1. The van der Waals surface area contributed by atoms with Gasteiger partial charge in [-0.3, -0.25) is 4.79 Å². The predicted octanol–water partition coefficient (Wildman–Crippen LogP) is 5.18. The zero-order valence-corrected chi connectivity index (χ0v) is 20.7. The van der Waals surface area contributed by atoms with Crippen molar-refractivity contribution in [1.29, 1.82) is 5.26 Å². The lowest BCUT2D eigenvalue weighted by Gasteiger charge is -2.34. The minimum atomic E-state index is 0.0129. The molecule has 2 aromatic rings. The van der Waals surface area contributed by atoms with Gasteiger partial charge >= 0.3 is 0 Å². The summed E-state index contributed by atoms with van der Waals surface area (Å²) in [6.45, 7) is 5.81. The highest BCUT2D eigenvalue weighted by atomic mass is 16.5. The summed E-state index contributed by atoms with van der Waals surface area (Å²) < 4.78 is 11.6. The van der Waals surface area contributed by atoms with Gasteiger partial charge in [0.15, 0.2) is 0 Å². The monoisotopic (exact) mass is 475 g/mol. The van der Waals surface area contributed by atoms with Crippen LogP contribution in [0.2, 0.25) is 0 Å². The van der Waals surface area contributed by atoms with Crippen LogP contribution in [0.3, 0.4) is 0 Å². The maximum absolute atomic E-state index is 12.6. The molecule has 6 nitrogen and oxygen atoms in total. The Balaban J connectivity index is 1.12. The number of para-hydroxylation sites is 1. The lowest BCUT2D eigenvalue weighted by molar-refractivity contribution is 0.0897. The van der Waals surface area contributed by atoms with Crippen molar-refractivity contribution in [2.45, 2.75) is 64.0 Å². The molecular weight excluding hydrogens is 438 g/mol. The Morgan fingerprint density at radius 3 is 2.43 bits per heavy atom.